The van der Waals surface area contributed by atoms with Crippen LogP contribution in [0.4, 0.5) is 0 Å². The van der Waals surface area contributed by atoms with Gasteiger partial charge in [0.2, 0.25) is 10.0 Å². The molecule has 178 valence electrons. The number of ketones is 1. The summed E-state index contributed by atoms with van der Waals surface area (Å²) in [5.41, 5.74) is 3.08. The molecule has 0 spiro atoms. The number of carbonyl (C=O) groups is 2. The molecule has 1 aromatic carbocycles. The summed E-state index contributed by atoms with van der Waals surface area (Å²) in [5.74, 6) is 0.0879. The predicted octanol–water partition coefficient (Wildman–Crippen LogP) is 1.25. The first-order valence-electron chi connectivity index (χ1n) is 11.1. The molecule has 33 heavy (non-hydrogen) atoms. The highest BCUT2D eigenvalue weighted by molar-refractivity contribution is 7.89. The normalized spacial score (nSPS) is 19.7. The maximum atomic E-state index is 13.1. The van der Waals surface area contributed by atoms with E-state index >= 15 is 0 Å². The van der Waals surface area contributed by atoms with Gasteiger partial charge in [0, 0.05) is 55.4 Å². The third-order valence-electron chi connectivity index (χ3n) is 6.41. The highest BCUT2D eigenvalue weighted by Gasteiger charge is 2.31. The van der Waals surface area contributed by atoms with Gasteiger partial charge >= 0.3 is 0 Å². The van der Waals surface area contributed by atoms with Crippen molar-refractivity contribution in [1.29, 1.82) is 0 Å². The lowest BCUT2D eigenvalue weighted by molar-refractivity contribution is -0.142. The predicted molar refractivity (Wildman–Crippen MR) is 123 cm³/mol. The average Bonchev–Trinajstić information content (AvgIpc) is 3.41. The number of amides is 1. The van der Waals surface area contributed by atoms with Crippen molar-refractivity contribution in [3.05, 3.63) is 47.3 Å². The van der Waals surface area contributed by atoms with E-state index in [9.17, 15) is 18.0 Å². The molecule has 2 saturated heterocycles. The molecule has 1 amide bonds. The van der Waals surface area contributed by atoms with Gasteiger partial charge in [-0.05, 0) is 57.0 Å². The first kappa shape index (κ1) is 23.6. The minimum absolute atomic E-state index is 0.0226. The van der Waals surface area contributed by atoms with E-state index in [-0.39, 0.29) is 29.2 Å². The molecule has 4 rings (SSSR count). The number of primary sulfonamides is 1. The molecule has 0 saturated carbocycles. The Bertz CT molecular complexity index is 1140. The molecule has 1 aromatic heterocycles. The fraction of sp³-hybridized carbons (Fsp3) is 0.478. The van der Waals surface area contributed by atoms with Gasteiger partial charge in [0.05, 0.1) is 11.4 Å². The highest BCUT2D eigenvalue weighted by Crippen LogP contribution is 2.23. The van der Waals surface area contributed by atoms with Gasteiger partial charge in [0.15, 0.2) is 5.78 Å². The second-order valence-corrected chi connectivity index (χ2v) is 10.2. The summed E-state index contributed by atoms with van der Waals surface area (Å²) in [7, 11) is -3.76. The summed E-state index contributed by atoms with van der Waals surface area (Å²) in [6.45, 7) is 7.23. The Balaban J connectivity index is 1.41. The van der Waals surface area contributed by atoms with Crippen LogP contribution in [0.15, 0.2) is 35.2 Å². The van der Waals surface area contributed by atoms with E-state index in [2.05, 4.69) is 4.90 Å². The molecule has 2 aliphatic rings. The number of Topliss-reactive ketones (excluding diaryl/α,β-unsaturated/α-hetero) is 1. The van der Waals surface area contributed by atoms with Gasteiger partial charge < -0.3 is 14.2 Å². The molecule has 0 bridgehead atoms. The van der Waals surface area contributed by atoms with E-state index < -0.39 is 10.0 Å². The van der Waals surface area contributed by atoms with Crippen molar-refractivity contribution in [3.8, 4) is 5.69 Å². The van der Waals surface area contributed by atoms with E-state index in [4.69, 9.17) is 9.88 Å². The zero-order chi connectivity index (χ0) is 23.8. The van der Waals surface area contributed by atoms with Crippen molar-refractivity contribution in [2.45, 2.75) is 37.7 Å². The van der Waals surface area contributed by atoms with Crippen LogP contribution >= 0.6 is 0 Å². The summed E-state index contributed by atoms with van der Waals surface area (Å²) in [6, 6.07) is 8.14. The van der Waals surface area contributed by atoms with Crippen molar-refractivity contribution in [1.82, 2.24) is 14.4 Å². The Kier molecular flexibility index (Phi) is 6.71. The molecule has 3 heterocycles. The van der Waals surface area contributed by atoms with Crippen LogP contribution in [0, 0.1) is 13.8 Å². The van der Waals surface area contributed by atoms with Gasteiger partial charge in [0.1, 0.15) is 6.10 Å². The summed E-state index contributed by atoms with van der Waals surface area (Å²) in [6.07, 6.45) is 1.42. The zero-order valence-corrected chi connectivity index (χ0v) is 19.8. The fourth-order valence-corrected chi connectivity index (χ4v) is 5.13. The molecule has 1 atom stereocenters. The second-order valence-electron chi connectivity index (χ2n) is 8.69. The van der Waals surface area contributed by atoms with E-state index in [1.165, 1.54) is 12.1 Å². The van der Waals surface area contributed by atoms with Gasteiger partial charge in [-0.3, -0.25) is 14.5 Å². The molecule has 2 fully saturated rings. The molecule has 0 radical (unpaired) electrons. The SMILES string of the molecule is Cc1cc(C(=O)CN2CCN(C(=O)C3CCCO3)CC2)c(C)n1-c1ccc(S(N)(=O)=O)cc1. The summed E-state index contributed by atoms with van der Waals surface area (Å²) in [5, 5.41) is 5.18. The van der Waals surface area contributed by atoms with Crippen LogP contribution in [-0.4, -0.2) is 79.9 Å². The van der Waals surface area contributed by atoms with Crippen LogP contribution in [-0.2, 0) is 19.6 Å². The minimum atomic E-state index is -3.76. The number of aromatic nitrogens is 1. The molecule has 0 aliphatic carbocycles. The molecule has 1 unspecified atom stereocenters. The molecule has 2 N–H and O–H groups in total. The molecule has 2 aromatic rings. The van der Waals surface area contributed by atoms with Crippen LogP contribution in [0.3, 0.4) is 0 Å². The first-order chi connectivity index (χ1) is 15.6. The Morgan fingerprint density at radius 2 is 1.76 bits per heavy atom. The van der Waals surface area contributed by atoms with E-state index in [0.717, 1.165) is 29.9 Å². The number of hydrogen-bond acceptors (Lipinski definition) is 6. The molecule has 10 heteroatoms. The van der Waals surface area contributed by atoms with Crippen LogP contribution < -0.4 is 5.14 Å². The number of hydrogen-bond donors (Lipinski definition) is 1. The summed E-state index contributed by atoms with van der Waals surface area (Å²) in [4.78, 5) is 29.6. The van der Waals surface area contributed by atoms with Crippen LogP contribution in [0.1, 0.15) is 34.6 Å². The largest absolute Gasteiger partial charge is 0.368 e. The number of nitrogens with two attached hydrogens (primary N) is 1. The smallest absolute Gasteiger partial charge is 0.251 e. The lowest BCUT2D eigenvalue weighted by Gasteiger charge is -2.35. The third kappa shape index (κ3) is 5.03. The molecule has 2 aliphatic heterocycles. The Morgan fingerprint density at radius 3 is 2.33 bits per heavy atom. The fourth-order valence-electron chi connectivity index (χ4n) is 4.62. The van der Waals surface area contributed by atoms with Crippen LogP contribution in [0.2, 0.25) is 0 Å². The Labute approximate surface area is 194 Å². The number of rotatable bonds is 6. The third-order valence-corrected chi connectivity index (χ3v) is 7.34. The van der Waals surface area contributed by atoms with Crippen molar-refractivity contribution in [2.24, 2.45) is 5.14 Å². The monoisotopic (exact) mass is 474 g/mol. The number of carbonyl (C=O) groups excluding carboxylic acids is 2. The van der Waals surface area contributed by atoms with Crippen molar-refractivity contribution in [2.75, 3.05) is 39.3 Å². The Morgan fingerprint density at radius 1 is 1.09 bits per heavy atom. The van der Waals surface area contributed by atoms with Gasteiger partial charge in [0.25, 0.3) is 5.91 Å². The maximum absolute atomic E-state index is 13.1. The van der Waals surface area contributed by atoms with Crippen molar-refractivity contribution >= 4 is 21.7 Å². The maximum Gasteiger partial charge on any atom is 0.251 e. The highest BCUT2D eigenvalue weighted by atomic mass is 32.2. The number of sulfonamides is 1. The van der Waals surface area contributed by atoms with Gasteiger partial charge in [-0.2, -0.15) is 0 Å². The number of nitrogens with zero attached hydrogens (tertiary/aromatic N) is 3. The van der Waals surface area contributed by atoms with Crippen LogP contribution in [0.5, 0.6) is 0 Å². The zero-order valence-electron chi connectivity index (χ0n) is 19.0. The van der Waals surface area contributed by atoms with E-state index in [1.54, 1.807) is 12.1 Å². The Hall–Kier alpha value is -2.53. The van der Waals surface area contributed by atoms with Gasteiger partial charge in [-0.1, -0.05) is 0 Å². The average molecular weight is 475 g/mol. The van der Waals surface area contributed by atoms with Crippen molar-refractivity contribution in [3.63, 3.8) is 0 Å². The second kappa shape index (κ2) is 9.38. The van der Waals surface area contributed by atoms with E-state index in [1.807, 2.05) is 29.4 Å². The molecular formula is C23H30N4O5S. The standard InChI is InChI=1S/C23H30N4O5S/c1-16-14-20(17(2)27(16)18-5-7-19(8-6-18)33(24,30)31)21(28)15-25-9-11-26(12-10-25)23(29)22-4-3-13-32-22/h5-8,14,22H,3-4,9-13,15H2,1-2H3,(H2,24,30,31). The summed E-state index contributed by atoms with van der Waals surface area (Å²) >= 11 is 0. The lowest BCUT2D eigenvalue weighted by atomic mass is 10.1. The summed E-state index contributed by atoms with van der Waals surface area (Å²) < 4.78 is 30.5. The molecule has 9 nitrogen and oxygen atoms in total. The van der Waals surface area contributed by atoms with Crippen LogP contribution in [0.25, 0.3) is 5.69 Å². The topological polar surface area (TPSA) is 115 Å². The number of benzene rings is 1. The van der Waals surface area contributed by atoms with E-state index in [0.29, 0.717) is 38.3 Å². The minimum Gasteiger partial charge on any atom is -0.368 e. The number of aryl methyl sites for hydroxylation is 1. The number of ether oxygens (including phenoxy) is 1. The lowest BCUT2D eigenvalue weighted by Crippen LogP contribution is -2.52. The van der Waals surface area contributed by atoms with Gasteiger partial charge in [-0.25, -0.2) is 13.6 Å². The van der Waals surface area contributed by atoms with Gasteiger partial charge in [-0.15, -0.1) is 0 Å². The van der Waals surface area contributed by atoms with Crippen molar-refractivity contribution < 1.29 is 22.7 Å². The quantitative estimate of drug-likeness (QED) is 0.630. The first-order valence-corrected chi connectivity index (χ1v) is 12.7. The molecular weight excluding hydrogens is 444 g/mol. The number of piperazine rings is 1.